The Morgan fingerprint density at radius 1 is 1.14 bits per heavy atom. The first kappa shape index (κ1) is 19.5. The fourth-order valence-corrected chi connectivity index (χ4v) is 3.22. The number of nitrogens with one attached hydrogen (secondary N) is 1. The maximum absolute atomic E-state index is 12.8. The summed E-state index contributed by atoms with van der Waals surface area (Å²) in [5, 5.41) is 2.86. The van der Waals surface area contributed by atoms with Crippen LogP contribution in [0, 0.1) is 5.92 Å². The molecule has 0 bridgehead atoms. The molecule has 0 aromatic heterocycles. The van der Waals surface area contributed by atoms with Crippen LogP contribution >= 0.6 is 0 Å². The van der Waals surface area contributed by atoms with Crippen molar-refractivity contribution in [1.29, 1.82) is 0 Å². The summed E-state index contributed by atoms with van der Waals surface area (Å²) in [4.78, 5) is 27.0. The zero-order valence-corrected chi connectivity index (χ0v) is 16.2. The molecule has 2 aromatic carbocycles. The van der Waals surface area contributed by atoms with Gasteiger partial charge in [0.05, 0.1) is 38.1 Å². The number of anilines is 2. The van der Waals surface area contributed by atoms with E-state index < -0.39 is 5.92 Å². The van der Waals surface area contributed by atoms with E-state index in [0.29, 0.717) is 41.8 Å². The smallest absolute Gasteiger partial charge is 0.229 e. The van der Waals surface area contributed by atoms with Crippen LogP contribution in [-0.2, 0) is 9.59 Å². The molecule has 1 fully saturated rings. The number of ether oxygens (including phenoxy) is 3. The third-order valence-corrected chi connectivity index (χ3v) is 4.62. The zero-order chi connectivity index (χ0) is 20.1. The fraction of sp³-hybridized carbons (Fsp3) is 0.333. The largest absolute Gasteiger partial charge is 0.497 e. The van der Waals surface area contributed by atoms with Crippen LogP contribution in [0.2, 0.25) is 0 Å². The van der Waals surface area contributed by atoms with Gasteiger partial charge in [-0.1, -0.05) is 12.1 Å². The van der Waals surface area contributed by atoms with E-state index in [9.17, 15) is 9.59 Å². The molecule has 2 aromatic rings. The molecule has 0 spiro atoms. The number of hydrogen-bond acceptors (Lipinski definition) is 5. The standard InChI is InChI=1S/C21H24N2O5/c1-4-28-19-8-6-5-7-17(19)23-13-14(11-20(23)24)21(25)22-16-12-15(26-2)9-10-18(16)27-3/h5-10,12,14H,4,11,13H2,1-3H3,(H,22,25)/t14-/m1/s1. The molecule has 148 valence electrons. The number of benzene rings is 2. The lowest BCUT2D eigenvalue weighted by Crippen LogP contribution is -2.28. The van der Waals surface area contributed by atoms with Crippen molar-refractivity contribution in [1.82, 2.24) is 0 Å². The van der Waals surface area contributed by atoms with E-state index in [1.165, 1.54) is 7.11 Å². The van der Waals surface area contributed by atoms with Crippen LogP contribution < -0.4 is 24.4 Å². The van der Waals surface area contributed by atoms with Crippen LogP contribution in [0.4, 0.5) is 11.4 Å². The van der Waals surface area contributed by atoms with Gasteiger partial charge in [-0.05, 0) is 31.2 Å². The number of rotatable bonds is 7. The SMILES string of the molecule is CCOc1ccccc1N1C[C@H](C(=O)Nc2cc(OC)ccc2OC)CC1=O. The van der Waals surface area contributed by atoms with E-state index in [1.807, 2.05) is 31.2 Å². The minimum Gasteiger partial charge on any atom is -0.497 e. The maximum atomic E-state index is 12.8. The fourth-order valence-electron chi connectivity index (χ4n) is 3.22. The van der Waals surface area contributed by atoms with Crippen molar-refractivity contribution in [3.8, 4) is 17.2 Å². The maximum Gasteiger partial charge on any atom is 0.229 e. The van der Waals surface area contributed by atoms with Gasteiger partial charge in [-0.15, -0.1) is 0 Å². The van der Waals surface area contributed by atoms with Gasteiger partial charge in [0, 0.05) is 19.0 Å². The Bertz CT molecular complexity index is 868. The molecule has 0 aliphatic carbocycles. The molecule has 28 heavy (non-hydrogen) atoms. The molecule has 0 saturated carbocycles. The van der Waals surface area contributed by atoms with Crippen LogP contribution in [0.1, 0.15) is 13.3 Å². The quantitative estimate of drug-likeness (QED) is 0.794. The Hall–Kier alpha value is -3.22. The Kier molecular flexibility index (Phi) is 6.03. The lowest BCUT2D eigenvalue weighted by atomic mass is 10.1. The molecule has 1 atom stereocenters. The molecule has 1 aliphatic rings. The van der Waals surface area contributed by atoms with Crippen molar-refractivity contribution in [3.63, 3.8) is 0 Å². The minimum atomic E-state index is -0.474. The summed E-state index contributed by atoms with van der Waals surface area (Å²) in [6, 6.07) is 12.5. The lowest BCUT2D eigenvalue weighted by molar-refractivity contribution is -0.122. The Labute approximate surface area is 164 Å². The first-order valence-electron chi connectivity index (χ1n) is 9.12. The first-order chi connectivity index (χ1) is 13.6. The lowest BCUT2D eigenvalue weighted by Gasteiger charge is -2.20. The Morgan fingerprint density at radius 2 is 1.93 bits per heavy atom. The number of amides is 2. The van der Waals surface area contributed by atoms with Gasteiger partial charge in [-0.25, -0.2) is 0 Å². The second-order valence-electron chi connectivity index (χ2n) is 6.36. The van der Waals surface area contributed by atoms with Gasteiger partial charge in [-0.2, -0.15) is 0 Å². The van der Waals surface area contributed by atoms with Crippen molar-refractivity contribution in [3.05, 3.63) is 42.5 Å². The number of methoxy groups -OCH3 is 2. The highest BCUT2D eigenvalue weighted by Gasteiger charge is 2.36. The van der Waals surface area contributed by atoms with Gasteiger partial charge in [0.25, 0.3) is 0 Å². The van der Waals surface area contributed by atoms with E-state index in [1.54, 1.807) is 30.2 Å². The van der Waals surface area contributed by atoms with Crippen LogP contribution in [0.5, 0.6) is 17.2 Å². The second-order valence-corrected chi connectivity index (χ2v) is 6.36. The summed E-state index contributed by atoms with van der Waals surface area (Å²) in [6.07, 6.45) is 0.137. The number of nitrogens with zero attached hydrogens (tertiary/aromatic N) is 1. The number of hydrogen-bond donors (Lipinski definition) is 1. The molecule has 1 N–H and O–H groups in total. The molecule has 3 rings (SSSR count). The van der Waals surface area contributed by atoms with Crippen LogP contribution in [0.15, 0.2) is 42.5 Å². The highest BCUT2D eigenvalue weighted by atomic mass is 16.5. The zero-order valence-electron chi connectivity index (χ0n) is 16.2. The van der Waals surface area contributed by atoms with Gasteiger partial charge in [0.2, 0.25) is 11.8 Å². The summed E-state index contributed by atoms with van der Waals surface area (Å²) >= 11 is 0. The van der Waals surface area contributed by atoms with E-state index in [4.69, 9.17) is 14.2 Å². The summed E-state index contributed by atoms with van der Waals surface area (Å²) in [5.41, 5.74) is 1.19. The second kappa shape index (κ2) is 8.65. The predicted octanol–water partition coefficient (Wildman–Crippen LogP) is 3.09. The summed E-state index contributed by atoms with van der Waals surface area (Å²) in [5.74, 6) is 0.941. The topological polar surface area (TPSA) is 77.1 Å². The van der Waals surface area contributed by atoms with Crippen molar-refractivity contribution in [2.24, 2.45) is 5.92 Å². The van der Waals surface area contributed by atoms with Gasteiger partial charge >= 0.3 is 0 Å². The molecular weight excluding hydrogens is 360 g/mol. The molecule has 7 nitrogen and oxygen atoms in total. The van der Waals surface area contributed by atoms with Crippen molar-refractivity contribution in [2.45, 2.75) is 13.3 Å². The molecule has 7 heteroatoms. The summed E-state index contributed by atoms with van der Waals surface area (Å²) < 4.78 is 16.1. The molecule has 2 amide bonds. The van der Waals surface area contributed by atoms with Gasteiger partial charge in [0.1, 0.15) is 17.2 Å². The first-order valence-corrected chi connectivity index (χ1v) is 9.12. The Morgan fingerprint density at radius 3 is 2.64 bits per heavy atom. The number of carbonyl (C=O) groups is 2. The highest BCUT2D eigenvalue weighted by Crippen LogP contribution is 2.34. The van der Waals surface area contributed by atoms with Gasteiger partial charge < -0.3 is 24.4 Å². The van der Waals surface area contributed by atoms with Crippen molar-refractivity contribution >= 4 is 23.2 Å². The molecule has 1 saturated heterocycles. The van der Waals surface area contributed by atoms with Gasteiger partial charge in [-0.3, -0.25) is 9.59 Å². The van der Waals surface area contributed by atoms with Gasteiger partial charge in [0.15, 0.2) is 0 Å². The van der Waals surface area contributed by atoms with E-state index in [2.05, 4.69) is 5.32 Å². The predicted molar refractivity (Wildman–Crippen MR) is 106 cm³/mol. The number of carbonyl (C=O) groups excluding carboxylic acids is 2. The highest BCUT2D eigenvalue weighted by molar-refractivity contribution is 6.04. The van der Waals surface area contributed by atoms with E-state index in [-0.39, 0.29) is 18.2 Å². The van der Waals surface area contributed by atoms with E-state index >= 15 is 0 Å². The van der Waals surface area contributed by atoms with Crippen molar-refractivity contribution in [2.75, 3.05) is 37.6 Å². The Balaban J connectivity index is 1.76. The molecule has 1 heterocycles. The van der Waals surface area contributed by atoms with Crippen LogP contribution in [0.25, 0.3) is 0 Å². The van der Waals surface area contributed by atoms with Crippen LogP contribution in [-0.4, -0.2) is 39.2 Å². The normalized spacial score (nSPS) is 16.0. The molecule has 1 aliphatic heterocycles. The third kappa shape index (κ3) is 4.03. The van der Waals surface area contributed by atoms with Crippen molar-refractivity contribution < 1.29 is 23.8 Å². The summed E-state index contributed by atoms with van der Waals surface area (Å²) in [7, 11) is 3.08. The minimum absolute atomic E-state index is 0.107. The monoisotopic (exact) mass is 384 g/mol. The third-order valence-electron chi connectivity index (χ3n) is 4.62. The number of para-hydroxylation sites is 2. The molecule has 0 radical (unpaired) electrons. The summed E-state index contributed by atoms with van der Waals surface area (Å²) in [6.45, 7) is 2.68. The molecular formula is C21H24N2O5. The van der Waals surface area contributed by atoms with E-state index in [0.717, 1.165) is 0 Å². The average molecular weight is 384 g/mol. The molecule has 0 unspecified atom stereocenters. The average Bonchev–Trinajstić information content (AvgIpc) is 3.10. The van der Waals surface area contributed by atoms with Crippen LogP contribution in [0.3, 0.4) is 0 Å².